The lowest BCUT2D eigenvalue weighted by Crippen LogP contribution is -2.33. The molecule has 0 spiro atoms. The highest BCUT2D eigenvalue weighted by molar-refractivity contribution is 9.11. The second-order valence-electron chi connectivity index (χ2n) is 3.33. The van der Waals surface area contributed by atoms with Crippen molar-refractivity contribution in [3.8, 4) is 0 Å². The van der Waals surface area contributed by atoms with Crippen LogP contribution in [0.15, 0.2) is 3.92 Å². The zero-order chi connectivity index (χ0) is 8.84. The highest BCUT2D eigenvalue weighted by Crippen LogP contribution is 2.41. The van der Waals surface area contributed by atoms with Crippen molar-refractivity contribution in [2.75, 3.05) is 17.2 Å². The first-order valence-corrected chi connectivity index (χ1v) is 6.86. The molecular weight excluding hydrogens is 270 g/mol. The Kier molecular flexibility index (Phi) is 2.03. The minimum atomic E-state index is 0.717. The summed E-state index contributed by atoms with van der Waals surface area (Å²) in [7, 11) is 0. The summed E-state index contributed by atoms with van der Waals surface area (Å²) in [6, 6.07) is 0.717. The van der Waals surface area contributed by atoms with Gasteiger partial charge >= 0.3 is 0 Å². The van der Waals surface area contributed by atoms with Gasteiger partial charge in [-0.15, -0.1) is 10.2 Å². The molecule has 1 aromatic heterocycles. The third-order valence-corrected chi connectivity index (χ3v) is 5.32. The van der Waals surface area contributed by atoms with Gasteiger partial charge in [-0.05, 0) is 22.4 Å². The number of aromatic nitrogens is 2. The lowest BCUT2D eigenvalue weighted by molar-refractivity contribution is 0.754. The Labute approximate surface area is 93.0 Å². The van der Waals surface area contributed by atoms with E-state index in [9.17, 15) is 0 Å². The molecule has 2 atom stereocenters. The molecule has 2 fully saturated rings. The molecule has 3 heterocycles. The molecule has 13 heavy (non-hydrogen) atoms. The molecular formula is C7H8BrN3S2. The fraction of sp³-hybridized carbons (Fsp3) is 0.714. The Morgan fingerprint density at radius 3 is 2.92 bits per heavy atom. The first kappa shape index (κ1) is 8.49. The van der Waals surface area contributed by atoms with Crippen LogP contribution in [-0.4, -0.2) is 33.8 Å². The van der Waals surface area contributed by atoms with Crippen molar-refractivity contribution in [1.29, 1.82) is 0 Å². The summed E-state index contributed by atoms with van der Waals surface area (Å²) in [5.74, 6) is 1.27. The van der Waals surface area contributed by atoms with Crippen molar-refractivity contribution in [3.05, 3.63) is 3.92 Å². The highest BCUT2D eigenvalue weighted by atomic mass is 79.9. The number of hydrogen-bond acceptors (Lipinski definition) is 5. The number of rotatable bonds is 1. The van der Waals surface area contributed by atoms with Crippen LogP contribution >= 0.6 is 39.0 Å². The molecule has 0 aromatic carbocycles. The van der Waals surface area contributed by atoms with Crippen molar-refractivity contribution < 1.29 is 0 Å². The molecule has 0 saturated carbocycles. The maximum atomic E-state index is 4.15. The second kappa shape index (κ2) is 3.10. The quantitative estimate of drug-likeness (QED) is 0.785. The summed E-state index contributed by atoms with van der Waals surface area (Å²) in [6.07, 6.45) is 1.34. The van der Waals surface area contributed by atoms with Gasteiger partial charge in [-0.3, -0.25) is 0 Å². The van der Waals surface area contributed by atoms with E-state index < -0.39 is 0 Å². The van der Waals surface area contributed by atoms with Gasteiger partial charge in [0.05, 0.1) is 0 Å². The molecule has 2 bridgehead atoms. The van der Waals surface area contributed by atoms with E-state index in [4.69, 9.17) is 0 Å². The zero-order valence-corrected chi connectivity index (χ0v) is 10.0. The van der Waals surface area contributed by atoms with Gasteiger partial charge in [0.25, 0.3) is 0 Å². The first-order chi connectivity index (χ1) is 6.33. The monoisotopic (exact) mass is 277 g/mol. The second-order valence-corrected chi connectivity index (χ2v) is 6.90. The van der Waals surface area contributed by atoms with E-state index in [-0.39, 0.29) is 0 Å². The Hall–Kier alpha value is 0.190. The molecule has 2 aliphatic rings. The molecule has 1 aromatic rings. The number of anilines is 1. The standard InChI is InChI=1S/C7H8BrN3S2/c8-6-9-10-7(13-6)11-2-5-1-4(11)3-12-5/h4-5H,1-3H2. The van der Waals surface area contributed by atoms with Gasteiger partial charge in [0, 0.05) is 23.6 Å². The van der Waals surface area contributed by atoms with E-state index in [2.05, 4.69) is 42.8 Å². The van der Waals surface area contributed by atoms with Crippen LogP contribution in [0.2, 0.25) is 0 Å². The Morgan fingerprint density at radius 2 is 2.38 bits per heavy atom. The molecule has 0 amide bonds. The average molecular weight is 278 g/mol. The van der Waals surface area contributed by atoms with Gasteiger partial charge in [-0.25, -0.2) is 0 Å². The first-order valence-electron chi connectivity index (χ1n) is 4.20. The van der Waals surface area contributed by atoms with Gasteiger partial charge in [-0.1, -0.05) is 11.3 Å². The summed E-state index contributed by atoms with van der Waals surface area (Å²) in [5, 5.41) is 10.1. The lowest BCUT2D eigenvalue weighted by Gasteiger charge is -2.25. The van der Waals surface area contributed by atoms with E-state index in [1.54, 1.807) is 11.3 Å². The maximum Gasteiger partial charge on any atom is 0.209 e. The molecule has 2 unspecified atom stereocenters. The third-order valence-electron chi connectivity index (χ3n) is 2.54. The van der Waals surface area contributed by atoms with E-state index in [1.165, 1.54) is 12.2 Å². The van der Waals surface area contributed by atoms with Gasteiger partial charge < -0.3 is 4.90 Å². The fourth-order valence-corrected chi connectivity index (χ4v) is 4.55. The topological polar surface area (TPSA) is 29.0 Å². The zero-order valence-electron chi connectivity index (χ0n) is 6.81. The summed E-state index contributed by atoms with van der Waals surface area (Å²) in [5.41, 5.74) is 0. The predicted molar refractivity (Wildman–Crippen MR) is 59.6 cm³/mol. The smallest absolute Gasteiger partial charge is 0.209 e. The van der Waals surface area contributed by atoms with Crippen LogP contribution in [0, 0.1) is 0 Å². The van der Waals surface area contributed by atoms with E-state index in [0.717, 1.165) is 26.9 Å². The molecule has 6 heteroatoms. The Balaban J connectivity index is 1.87. The summed E-state index contributed by atoms with van der Waals surface area (Å²) >= 11 is 7.08. The van der Waals surface area contributed by atoms with Gasteiger partial charge in [0.1, 0.15) is 0 Å². The predicted octanol–water partition coefficient (Wildman–Crippen LogP) is 1.99. The van der Waals surface area contributed by atoms with Crippen LogP contribution in [0.4, 0.5) is 5.13 Å². The molecule has 0 aliphatic carbocycles. The van der Waals surface area contributed by atoms with Crippen LogP contribution in [0.1, 0.15) is 6.42 Å². The van der Waals surface area contributed by atoms with Crippen molar-refractivity contribution >= 4 is 44.2 Å². The largest absolute Gasteiger partial charge is 0.342 e. The van der Waals surface area contributed by atoms with Gasteiger partial charge in [0.15, 0.2) is 3.92 Å². The van der Waals surface area contributed by atoms with Crippen molar-refractivity contribution in [2.45, 2.75) is 17.7 Å². The Bertz CT molecular complexity index is 329. The van der Waals surface area contributed by atoms with Gasteiger partial charge in [-0.2, -0.15) is 11.8 Å². The number of thioether (sulfide) groups is 1. The summed E-state index contributed by atoms with van der Waals surface area (Å²) in [4.78, 5) is 2.41. The number of nitrogens with zero attached hydrogens (tertiary/aromatic N) is 3. The third kappa shape index (κ3) is 1.39. The molecule has 0 radical (unpaired) electrons. The normalized spacial score (nSPS) is 31.6. The molecule has 3 rings (SSSR count). The van der Waals surface area contributed by atoms with E-state index in [0.29, 0.717) is 0 Å². The molecule has 70 valence electrons. The van der Waals surface area contributed by atoms with Crippen LogP contribution in [-0.2, 0) is 0 Å². The minimum Gasteiger partial charge on any atom is -0.342 e. The van der Waals surface area contributed by atoms with Crippen molar-refractivity contribution in [3.63, 3.8) is 0 Å². The summed E-state index contributed by atoms with van der Waals surface area (Å²) in [6.45, 7) is 1.16. The number of hydrogen-bond donors (Lipinski definition) is 0. The lowest BCUT2D eigenvalue weighted by atomic mass is 10.2. The van der Waals surface area contributed by atoms with Crippen LogP contribution in [0.3, 0.4) is 0 Å². The van der Waals surface area contributed by atoms with Crippen LogP contribution in [0.5, 0.6) is 0 Å². The Morgan fingerprint density at radius 1 is 1.46 bits per heavy atom. The molecule has 0 N–H and O–H groups in total. The SMILES string of the molecule is Brc1nnc(N2CC3CC2CS3)s1. The van der Waals surface area contributed by atoms with Gasteiger partial charge in [0.2, 0.25) is 5.13 Å². The molecule has 2 saturated heterocycles. The van der Waals surface area contributed by atoms with E-state index in [1.807, 2.05) is 0 Å². The number of halogens is 1. The van der Waals surface area contributed by atoms with Crippen LogP contribution in [0.25, 0.3) is 0 Å². The summed E-state index contributed by atoms with van der Waals surface area (Å²) < 4.78 is 0.887. The number of fused-ring (bicyclic) bond motifs is 2. The maximum absolute atomic E-state index is 4.15. The molecule has 3 nitrogen and oxygen atoms in total. The van der Waals surface area contributed by atoms with Crippen molar-refractivity contribution in [2.24, 2.45) is 0 Å². The molecule has 2 aliphatic heterocycles. The van der Waals surface area contributed by atoms with Crippen LogP contribution < -0.4 is 4.90 Å². The highest BCUT2D eigenvalue weighted by Gasteiger charge is 2.39. The minimum absolute atomic E-state index is 0.717. The fourth-order valence-electron chi connectivity index (χ4n) is 1.95. The van der Waals surface area contributed by atoms with E-state index >= 15 is 0 Å². The van der Waals surface area contributed by atoms with Crippen molar-refractivity contribution in [1.82, 2.24) is 10.2 Å². The average Bonchev–Trinajstić information content (AvgIpc) is 2.77.